The molecular formula is C9H20ClN3O. The molecule has 4 N–H and O–H groups in total. The number of likely N-dealkylation sites (tertiary alicyclic amines) is 1. The van der Waals surface area contributed by atoms with Gasteiger partial charge in [-0.1, -0.05) is 0 Å². The number of hydrogen-bond donors (Lipinski definition) is 2. The van der Waals surface area contributed by atoms with Gasteiger partial charge in [0.2, 0.25) is 5.91 Å². The molecule has 1 fully saturated rings. The Morgan fingerprint density at radius 2 is 2.14 bits per heavy atom. The maximum Gasteiger partial charge on any atom is 0.229 e. The SMILES string of the molecule is CC(C)(CN)C(=O)N1CC[C@H](N)C1.Cl. The van der Waals surface area contributed by atoms with Gasteiger partial charge in [0, 0.05) is 25.7 Å². The van der Waals surface area contributed by atoms with Crippen LogP contribution in [-0.2, 0) is 4.79 Å². The number of nitrogens with zero attached hydrogens (tertiary/aromatic N) is 1. The van der Waals surface area contributed by atoms with E-state index >= 15 is 0 Å². The number of nitrogens with two attached hydrogens (primary N) is 2. The lowest BCUT2D eigenvalue weighted by Crippen LogP contribution is -2.44. The van der Waals surface area contributed by atoms with Crippen molar-refractivity contribution in [1.29, 1.82) is 0 Å². The molecule has 0 saturated carbocycles. The maximum atomic E-state index is 11.8. The Balaban J connectivity index is 0.00000169. The molecule has 0 aliphatic carbocycles. The summed E-state index contributed by atoms with van der Waals surface area (Å²) in [7, 11) is 0. The second-order valence-corrected chi connectivity index (χ2v) is 4.39. The van der Waals surface area contributed by atoms with Crippen LogP contribution < -0.4 is 11.5 Å². The predicted molar refractivity (Wildman–Crippen MR) is 59.3 cm³/mol. The summed E-state index contributed by atoms with van der Waals surface area (Å²) >= 11 is 0. The summed E-state index contributed by atoms with van der Waals surface area (Å²) < 4.78 is 0. The third-order valence-corrected chi connectivity index (χ3v) is 2.60. The zero-order valence-electron chi connectivity index (χ0n) is 8.82. The summed E-state index contributed by atoms with van der Waals surface area (Å²) in [5.41, 5.74) is 10.8. The van der Waals surface area contributed by atoms with E-state index in [1.165, 1.54) is 0 Å². The minimum absolute atomic E-state index is 0. The third-order valence-electron chi connectivity index (χ3n) is 2.60. The predicted octanol–water partition coefficient (Wildman–Crippen LogP) is -0.0473. The lowest BCUT2D eigenvalue weighted by atomic mass is 9.92. The normalized spacial score (nSPS) is 22.0. The van der Waals surface area contributed by atoms with E-state index in [2.05, 4.69) is 0 Å². The molecule has 4 nitrogen and oxygen atoms in total. The van der Waals surface area contributed by atoms with Gasteiger partial charge in [-0.3, -0.25) is 4.79 Å². The van der Waals surface area contributed by atoms with Crippen LogP contribution >= 0.6 is 12.4 Å². The molecule has 1 heterocycles. The number of rotatable bonds is 2. The molecule has 1 aliphatic rings. The molecule has 0 spiro atoms. The summed E-state index contributed by atoms with van der Waals surface area (Å²) in [6.45, 7) is 5.60. The van der Waals surface area contributed by atoms with E-state index in [4.69, 9.17) is 11.5 Å². The first-order chi connectivity index (χ1) is 5.97. The molecule has 14 heavy (non-hydrogen) atoms. The molecule has 84 valence electrons. The highest BCUT2D eigenvalue weighted by Crippen LogP contribution is 2.20. The average Bonchev–Trinajstić information content (AvgIpc) is 2.50. The molecule has 0 aromatic carbocycles. The molecule has 0 bridgehead atoms. The monoisotopic (exact) mass is 221 g/mol. The Morgan fingerprint density at radius 3 is 2.50 bits per heavy atom. The fourth-order valence-corrected chi connectivity index (χ4v) is 1.49. The van der Waals surface area contributed by atoms with E-state index in [1.807, 2.05) is 18.7 Å². The Kier molecular flexibility index (Phi) is 4.84. The van der Waals surface area contributed by atoms with E-state index in [9.17, 15) is 4.79 Å². The summed E-state index contributed by atoms with van der Waals surface area (Å²) in [5.74, 6) is 0.128. The third kappa shape index (κ3) is 2.83. The summed E-state index contributed by atoms with van der Waals surface area (Å²) in [4.78, 5) is 13.7. The van der Waals surface area contributed by atoms with Crippen LogP contribution in [0.4, 0.5) is 0 Å². The van der Waals surface area contributed by atoms with Crippen LogP contribution in [0.25, 0.3) is 0 Å². The molecule has 1 amide bonds. The number of carbonyl (C=O) groups is 1. The first kappa shape index (κ1) is 13.7. The van der Waals surface area contributed by atoms with Crippen LogP contribution in [0.15, 0.2) is 0 Å². The number of carbonyl (C=O) groups excluding carboxylic acids is 1. The number of hydrogen-bond acceptors (Lipinski definition) is 3. The molecule has 5 heteroatoms. The van der Waals surface area contributed by atoms with Crippen LogP contribution in [0.2, 0.25) is 0 Å². The van der Waals surface area contributed by atoms with Gasteiger partial charge in [-0.15, -0.1) is 12.4 Å². The fraction of sp³-hybridized carbons (Fsp3) is 0.889. The van der Waals surface area contributed by atoms with Gasteiger partial charge in [0.15, 0.2) is 0 Å². The molecule has 1 rings (SSSR count). The molecule has 0 aromatic heterocycles. The van der Waals surface area contributed by atoms with Crippen molar-refractivity contribution in [3.8, 4) is 0 Å². The highest BCUT2D eigenvalue weighted by atomic mass is 35.5. The van der Waals surface area contributed by atoms with E-state index < -0.39 is 5.41 Å². The van der Waals surface area contributed by atoms with Crippen LogP contribution in [0, 0.1) is 5.41 Å². The van der Waals surface area contributed by atoms with Crippen molar-refractivity contribution < 1.29 is 4.79 Å². The maximum absolute atomic E-state index is 11.8. The molecule has 0 radical (unpaired) electrons. The molecular weight excluding hydrogens is 202 g/mol. The number of halogens is 1. The quantitative estimate of drug-likeness (QED) is 0.687. The first-order valence-corrected chi connectivity index (χ1v) is 4.72. The van der Waals surface area contributed by atoms with E-state index in [0.29, 0.717) is 13.1 Å². The Morgan fingerprint density at radius 1 is 1.57 bits per heavy atom. The first-order valence-electron chi connectivity index (χ1n) is 4.72. The van der Waals surface area contributed by atoms with Crippen molar-refractivity contribution in [3.63, 3.8) is 0 Å². The molecule has 1 atom stereocenters. The van der Waals surface area contributed by atoms with Gasteiger partial charge >= 0.3 is 0 Å². The Bertz CT molecular complexity index is 208. The summed E-state index contributed by atoms with van der Waals surface area (Å²) in [5, 5.41) is 0. The lowest BCUT2D eigenvalue weighted by Gasteiger charge is -2.27. The van der Waals surface area contributed by atoms with Gasteiger partial charge in [0.25, 0.3) is 0 Å². The van der Waals surface area contributed by atoms with Crippen molar-refractivity contribution in [2.75, 3.05) is 19.6 Å². The lowest BCUT2D eigenvalue weighted by molar-refractivity contribution is -0.138. The van der Waals surface area contributed by atoms with E-state index in [0.717, 1.165) is 13.0 Å². The van der Waals surface area contributed by atoms with Gasteiger partial charge in [0.1, 0.15) is 0 Å². The molecule has 0 unspecified atom stereocenters. The van der Waals surface area contributed by atoms with Crippen LogP contribution in [0.3, 0.4) is 0 Å². The largest absolute Gasteiger partial charge is 0.341 e. The summed E-state index contributed by atoms with van der Waals surface area (Å²) in [6.07, 6.45) is 0.909. The van der Waals surface area contributed by atoms with Crippen molar-refractivity contribution in [3.05, 3.63) is 0 Å². The topological polar surface area (TPSA) is 72.4 Å². The van der Waals surface area contributed by atoms with Crippen LogP contribution in [0.1, 0.15) is 20.3 Å². The zero-order chi connectivity index (χ0) is 10.1. The van der Waals surface area contributed by atoms with Gasteiger partial charge in [-0.25, -0.2) is 0 Å². The van der Waals surface area contributed by atoms with Crippen molar-refractivity contribution in [2.45, 2.75) is 26.3 Å². The Hall–Kier alpha value is -0.320. The van der Waals surface area contributed by atoms with Crippen molar-refractivity contribution >= 4 is 18.3 Å². The minimum atomic E-state index is -0.440. The molecule has 0 aromatic rings. The average molecular weight is 222 g/mol. The second-order valence-electron chi connectivity index (χ2n) is 4.39. The van der Waals surface area contributed by atoms with Crippen LogP contribution in [0.5, 0.6) is 0 Å². The van der Waals surface area contributed by atoms with Gasteiger partial charge in [-0.05, 0) is 20.3 Å². The van der Waals surface area contributed by atoms with Crippen LogP contribution in [-0.4, -0.2) is 36.5 Å². The number of amides is 1. The standard InChI is InChI=1S/C9H19N3O.ClH/c1-9(2,6-10)8(13)12-4-3-7(11)5-12;/h7H,3-6,10-11H2,1-2H3;1H/t7-;/m0./s1. The highest BCUT2D eigenvalue weighted by molar-refractivity contribution is 5.85. The van der Waals surface area contributed by atoms with Crippen molar-refractivity contribution in [1.82, 2.24) is 4.90 Å². The van der Waals surface area contributed by atoms with E-state index in [-0.39, 0.29) is 24.4 Å². The minimum Gasteiger partial charge on any atom is -0.341 e. The van der Waals surface area contributed by atoms with Gasteiger partial charge in [-0.2, -0.15) is 0 Å². The molecule has 1 aliphatic heterocycles. The van der Waals surface area contributed by atoms with E-state index in [1.54, 1.807) is 0 Å². The summed E-state index contributed by atoms with van der Waals surface area (Å²) in [6, 6.07) is 0.150. The second kappa shape index (κ2) is 4.96. The Labute approximate surface area is 91.4 Å². The highest BCUT2D eigenvalue weighted by Gasteiger charge is 2.33. The van der Waals surface area contributed by atoms with Crippen molar-refractivity contribution in [2.24, 2.45) is 16.9 Å². The van der Waals surface area contributed by atoms with Gasteiger partial charge < -0.3 is 16.4 Å². The van der Waals surface area contributed by atoms with Gasteiger partial charge in [0.05, 0.1) is 5.41 Å². The fourth-order valence-electron chi connectivity index (χ4n) is 1.49. The zero-order valence-corrected chi connectivity index (χ0v) is 9.64. The molecule has 1 saturated heterocycles. The smallest absolute Gasteiger partial charge is 0.229 e.